The molecular weight excluding hydrogens is 443 g/mol. The van der Waals surface area contributed by atoms with Crippen LogP contribution in [0, 0.1) is 5.82 Å². The second-order valence-electron chi connectivity index (χ2n) is 8.01. The summed E-state index contributed by atoms with van der Waals surface area (Å²) < 4.78 is 13.3. The van der Waals surface area contributed by atoms with Crippen LogP contribution in [0.1, 0.15) is 18.9 Å². The number of β-amino-alcohol motifs (C(OH)–C–C–N with tert-alkyl or cyclic N) is 1. The maximum absolute atomic E-state index is 13.3. The number of carbonyl (C=O) groups excluding carboxylic acids is 2. The van der Waals surface area contributed by atoms with Crippen molar-refractivity contribution >= 4 is 34.0 Å². The molecule has 2 atom stereocenters. The Morgan fingerprint density at radius 2 is 2.06 bits per heavy atom. The Bertz CT molecular complexity index is 1150. The van der Waals surface area contributed by atoms with Gasteiger partial charge in [0.25, 0.3) is 0 Å². The Morgan fingerprint density at radius 1 is 1.24 bits per heavy atom. The molecule has 0 radical (unpaired) electrons. The van der Waals surface area contributed by atoms with Crippen molar-refractivity contribution in [3.05, 3.63) is 65.3 Å². The fraction of sp³-hybridized carbons (Fsp3) is 0.292. The van der Waals surface area contributed by atoms with Crippen molar-refractivity contribution in [2.75, 3.05) is 23.3 Å². The van der Waals surface area contributed by atoms with Crippen molar-refractivity contribution in [1.82, 2.24) is 10.3 Å². The van der Waals surface area contributed by atoms with Crippen molar-refractivity contribution in [2.45, 2.75) is 31.9 Å². The van der Waals surface area contributed by atoms with Crippen LogP contribution in [-0.2, 0) is 16.0 Å². The zero-order chi connectivity index (χ0) is 23.4. The lowest BCUT2D eigenvalue weighted by Crippen LogP contribution is -2.44. The highest BCUT2D eigenvalue weighted by atomic mass is 32.1. The smallest absolute Gasteiger partial charge is 0.242 e. The highest BCUT2D eigenvalue weighted by Gasteiger charge is 2.37. The van der Waals surface area contributed by atoms with E-state index in [-0.39, 0.29) is 17.6 Å². The number of aliphatic hydroxyl groups excluding tert-OH is 1. The van der Waals surface area contributed by atoms with Crippen LogP contribution in [0.3, 0.4) is 0 Å². The fourth-order valence-electron chi connectivity index (χ4n) is 3.90. The van der Waals surface area contributed by atoms with Gasteiger partial charge in [0.1, 0.15) is 11.9 Å². The molecule has 1 fully saturated rings. The second kappa shape index (κ2) is 10.1. The molecule has 3 aromatic rings. The summed E-state index contributed by atoms with van der Waals surface area (Å²) >= 11 is 1.40. The number of nitrogens with zero attached hydrogens (tertiary/aromatic N) is 2. The van der Waals surface area contributed by atoms with Crippen LogP contribution in [0.2, 0.25) is 0 Å². The SMILES string of the molecule is CC(=O)Nc1cccc(-c2csc(N3CC(O)C[C@H]3C(=O)NCCc3cccc(F)c3)n2)c1. The van der Waals surface area contributed by atoms with Gasteiger partial charge in [-0.05, 0) is 36.2 Å². The molecule has 0 saturated carbocycles. The van der Waals surface area contributed by atoms with E-state index in [1.165, 1.54) is 30.4 Å². The summed E-state index contributed by atoms with van der Waals surface area (Å²) in [5.74, 6) is -0.637. The molecule has 1 unspecified atom stereocenters. The summed E-state index contributed by atoms with van der Waals surface area (Å²) in [7, 11) is 0. The van der Waals surface area contributed by atoms with Crippen LogP contribution in [0.15, 0.2) is 53.9 Å². The molecule has 3 N–H and O–H groups in total. The minimum Gasteiger partial charge on any atom is -0.391 e. The van der Waals surface area contributed by atoms with Gasteiger partial charge < -0.3 is 20.6 Å². The predicted molar refractivity (Wildman–Crippen MR) is 127 cm³/mol. The lowest BCUT2D eigenvalue weighted by Gasteiger charge is -2.22. The number of aliphatic hydroxyl groups is 1. The molecular formula is C24H25FN4O3S. The van der Waals surface area contributed by atoms with Gasteiger partial charge >= 0.3 is 0 Å². The molecule has 2 amide bonds. The van der Waals surface area contributed by atoms with Crippen molar-refractivity contribution in [2.24, 2.45) is 0 Å². The van der Waals surface area contributed by atoms with Crippen LogP contribution < -0.4 is 15.5 Å². The van der Waals surface area contributed by atoms with Crippen molar-refractivity contribution in [3.63, 3.8) is 0 Å². The maximum atomic E-state index is 13.3. The summed E-state index contributed by atoms with van der Waals surface area (Å²) in [5, 5.41) is 18.4. The second-order valence-corrected chi connectivity index (χ2v) is 8.84. The Balaban J connectivity index is 1.43. The number of aromatic nitrogens is 1. The molecule has 2 heterocycles. The number of anilines is 2. The van der Waals surface area contributed by atoms with Gasteiger partial charge in [0.05, 0.1) is 11.8 Å². The van der Waals surface area contributed by atoms with Gasteiger partial charge in [0.2, 0.25) is 11.8 Å². The number of benzene rings is 2. The molecule has 9 heteroatoms. The first-order chi connectivity index (χ1) is 15.9. The lowest BCUT2D eigenvalue weighted by atomic mass is 10.1. The van der Waals surface area contributed by atoms with E-state index in [9.17, 15) is 19.1 Å². The van der Waals surface area contributed by atoms with E-state index >= 15 is 0 Å². The van der Waals surface area contributed by atoms with Gasteiger partial charge in [0.15, 0.2) is 5.13 Å². The van der Waals surface area contributed by atoms with Gasteiger partial charge in [-0.25, -0.2) is 9.37 Å². The molecule has 1 aliphatic rings. The summed E-state index contributed by atoms with van der Waals surface area (Å²) in [6, 6.07) is 13.2. The Hall–Kier alpha value is -3.30. The van der Waals surface area contributed by atoms with E-state index in [4.69, 9.17) is 0 Å². The number of hydrogen-bond acceptors (Lipinski definition) is 6. The topological polar surface area (TPSA) is 94.6 Å². The number of thiazole rings is 1. The number of amides is 2. The third-order valence-corrected chi connectivity index (χ3v) is 6.28. The Morgan fingerprint density at radius 3 is 2.85 bits per heavy atom. The van der Waals surface area contributed by atoms with Gasteiger partial charge in [-0.1, -0.05) is 24.3 Å². The summed E-state index contributed by atoms with van der Waals surface area (Å²) in [5.41, 5.74) is 3.07. The quantitative estimate of drug-likeness (QED) is 0.495. The molecule has 7 nitrogen and oxygen atoms in total. The first-order valence-corrected chi connectivity index (χ1v) is 11.6. The van der Waals surface area contributed by atoms with Crippen molar-refractivity contribution in [1.29, 1.82) is 0 Å². The van der Waals surface area contributed by atoms with Crippen molar-refractivity contribution in [3.8, 4) is 11.3 Å². The van der Waals surface area contributed by atoms with Crippen LogP contribution in [0.4, 0.5) is 15.2 Å². The molecule has 4 rings (SSSR count). The van der Waals surface area contributed by atoms with E-state index in [0.717, 1.165) is 16.8 Å². The summed E-state index contributed by atoms with van der Waals surface area (Å²) in [6.07, 6.45) is 0.211. The van der Waals surface area contributed by atoms with E-state index in [2.05, 4.69) is 15.6 Å². The molecule has 172 valence electrons. The number of hydrogen-bond donors (Lipinski definition) is 3. The predicted octanol–water partition coefficient (Wildman–Crippen LogP) is 3.21. The normalized spacial score (nSPS) is 17.7. The largest absolute Gasteiger partial charge is 0.391 e. The van der Waals surface area contributed by atoms with E-state index < -0.39 is 12.1 Å². The molecule has 1 aliphatic heterocycles. The van der Waals surface area contributed by atoms with Crippen LogP contribution in [0.5, 0.6) is 0 Å². The van der Waals surface area contributed by atoms with E-state index in [1.807, 2.05) is 34.5 Å². The highest BCUT2D eigenvalue weighted by Crippen LogP contribution is 2.33. The number of nitrogens with one attached hydrogen (secondary N) is 2. The molecule has 1 aromatic heterocycles. The molecule has 0 spiro atoms. The van der Waals surface area contributed by atoms with E-state index in [0.29, 0.717) is 36.8 Å². The zero-order valence-electron chi connectivity index (χ0n) is 18.1. The number of halogens is 1. The van der Waals surface area contributed by atoms with Crippen LogP contribution >= 0.6 is 11.3 Å². The van der Waals surface area contributed by atoms with Gasteiger partial charge in [-0.15, -0.1) is 11.3 Å². The minimum atomic E-state index is -0.626. The van der Waals surface area contributed by atoms with E-state index in [1.54, 1.807) is 12.1 Å². The van der Waals surface area contributed by atoms with Crippen molar-refractivity contribution < 1.29 is 19.1 Å². The van der Waals surface area contributed by atoms with Gasteiger partial charge in [-0.2, -0.15) is 0 Å². The van der Waals surface area contributed by atoms with Crippen LogP contribution in [0.25, 0.3) is 11.3 Å². The lowest BCUT2D eigenvalue weighted by molar-refractivity contribution is -0.122. The number of rotatable bonds is 7. The summed E-state index contributed by atoms with van der Waals surface area (Å²) in [6.45, 7) is 2.15. The molecule has 0 bridgehead atoms. The third kappa shape index (κ3) is 5.74. The Labute approximate surface area is 195 Å². The average Bonchev–Trinajstić information content (AvgIpc) is 3.40. The van der Waals surface area contributed by atoms with Gasteiger partial charge in [0, 0.05) is 43.1 Å². The zero-order valence-corrected chi connectivity index (χ0v) is 18.9. The average molecular weight is 469 g/mol. The highest BCUT2D eigenvalue weighted by molar-refractivity contribution is 7.14. The first-order valence-electron chi connectivity index (χ1n) is 10.7. The van der Waals surface area contributed by atoms with Gasteiger partial charge in [-0.3, -0.25) is 9.59 Å². The summed E-state index contributed by atoms with van der Waals surface area (Å²) in [4.78, 5) is 30.7. The standard InChI is InChI=1S/C24H25FN4O3S/c1-15(30)27-19-7-3-5-17(11-19)21-14-33-24(28-21)29-13-20(31)12-22(29)23(32)26-9-8-16-4-2-6-18(25)10-16/h2-7,10-11,14,20,22,31H,8-9,12-13H2,1H3,(H,26,32)(H,27,30)/t20?,22-/m0/s1. The molecule has 0 aliphatic carbocycles. The monoisotopic (exact) mass is 468 g/mol. The molecule has 2 aromatic carbocycles. The minimum absolute atomic E-state index is 0.150. The number of carbonyl (C=O) groups is 2. The van der Waals surface area contributed by atoms with Crippen LogP contribution in [-0.4, -0.2) is 47.1 Å². The fourth-order valence-corrected chi connectivity index (χ4v) is 4.80. The maximum Gasteiger partial charge on any atom is 0.242 e. The Kier molecular flexibility index (Phi) is 7.00. The first kappa shape index (κ1) is 22.9. The third-order valence-electron chi connectivity index (χ3n) is 5.40. The molecule has 1 saturated heterocycles. The molecule has 33 heavy (non-hydrogen) atoms.